The minimum Gasteiger partial charge on any atom is -0.352 e. The molecule has 0 saturated heterocycles. The first-order valence-electron chi connectivity index (χ1n) is 9.17. The summed E-state index contributed by atoms with van der Waals surface area (Å²) in [5.41, 5.74) is 2.99. The first-order valence-corrected chi connectivity index (χ1v) is 9.96. The Morgan fingerprint density at radius 2 is 1.85 bits per heavy atom. The first kappa shape index (κ1) is 18.6. The second kappa shape index (κ2) is 8.99. The molecule has 4 nitrogen and oxygen atoms in total. The molecule has 0 aliphatic rings. The maximum absolute atomic E-state index is 12.1. The standard InChI is InChI=1S/C21H24BrN3O/c1-2-25-19-9-6-5-8-18(19)24-20(25)10-4-3-7-15-23-21(26)16-11-13-17(22)14-12-16/h5-6,8-9,11-14H,2-4,7,10,15H2,1H3,(H,23,26). The van der Waals surface area contributed by atoms with Gasteiger partial charge in [-0.2, -0.15) is 0 Å². The van der Waals surface area contributed by atoms with Gasteiger partial charge in [0.25, 0.3) is 5.91 Å². The number of aromatic nitrogens is 2. The van der Waals surface area contributed by atoms with Crippen molar-refractivity contribution in [3.8, 4) is 0 Å². The van der Waals surface area contributed by atoms with E-state index in [0.717, 1.165) is 48.0 Å². The summed E-state index contributed by atoms with van der Waals surface area (Å²) in [6.45, 7) is 3.81. The molecule has 0 bridgehead atoms. The fourth-order valence-corrected chi connectivity index (χ4v) is 3.42. The SMILES string of the molecule is CCn1c(CCCCCNC(=O)c2ccc(Br)cc2)nc2ccccc21. The van der Waals surface area contributed by atoms with Crippen molar-refractivity contribution in [1.29, 1.82) is 0 Å². The van der Waals surface area contributed by atoms with Gasteiger partial charge >= 0.3 is 0 Å². The molecule has 136 valence electrons. The third kappa shape index (κ3) is 4.52. The van der Waals surface area contributed by atoms with E-state index in [1.165, 1.54) is 5.52 Å². The number of benzene rings is 2. The number of aryl methyl sites for hydroxylation is 2. The Kier molecular flexibility index (Phi) is 6.45. The van der Waals surface area contributed by atoms with Crippen molar-refractivity contribution in [3.63, 3.8) is 0 Å². The van der Waals surface area contributed by atoms with Crippen LogP contribution in [0.1, 0.15) is 42.4 Å². The van der Waals surface area contributed by atoms with Gasteiger partial charge in [-0.05, 0) is 56.2 Å². The van der Waals surface area contributed by atoms with Crippen LogP contribution in [-0.2, 0) is 13.0 Å². The van der Waals surface area contributed by atoms with Crippen LogP contribution in [0.3, 0.4) is 0 Å². The Bertz CT molecular complexity index is 871. The van der Waals surface area contributed by atoms with Gasteiger partial charge in [-0.3, -0.25) is 4.79 Å². The molecule has 1 amide bonds. The Labute approximate surface area is 162 Å². The van der Waals surface area contributed by atoms with Gasteiger partial charge in [0.15, 0.2) is 0 Å². The summed E-state index contributed by atoms with van der Waals surface area (Å²) in [5.74, 6) is 1.15. The number of rotatable bonds is 8. The zero-order chi connectivity index (χ0) is 18.4. The number of hydrogen-bond donors (Lipinski definition) is 1. The summed E-state index contributed by atoms with van der Waals surface area (Å²) >= 11 is 3.38. The van der Waals surface area contributed by atoms with Crippen molar-refractivity contribution < 1.29 is 4.79 Å². The molecule has 0 radical (unpaired) electrons. The number of nitrogens with zero attached hydrogens (tertiary/aromatic N) is 2. The summed E-state index contributed by atoms with van der Waals surface area (Å²) in [5, 5.41) is 2.99. The molecule has 0 saturated carbocycles. The number of para-hydroxylation sites is 2. The van der Waals surface area contributed by atoms with E-state index in [2.05, 4.69) is 50.9 Å². The molecule has 1 N–H and O–H groups in total. The molecule has 3 rings (SSSR count). The quantitative estimate of drug-likeness (QED) is 0.530. The fourth-order valence-electron chi connectivity index (χ4n) is 3.16. The average molecular weight is 414 g/mol. The third-order valence-corrected chi connectivity index (χ3v) is 5.05. The molecule has 1 heterocycles. The molecule has 0 aliphatic carbocycles. The predicted molar refractivity (Wildman–Crippen MR) is 109 cm³/mol. The van der Waals surface area contributed by atoms with Crippen LogP contribution < -0.4 is 5.32 Å². The Hall–Kier alpha value is -2.14. The van der Waals surface area contributed by atoms with Crippen LogP contribution in [0.15, 0.2) is 53.0 Å². The topological polar surface area (TPSA) is 46.9 Å². The Balaban J connectivity index is 1.42. The van der Waals surface area contributed by atoms with Crippen LogP contribution in [0.5, 0.6) is 0 Å². The van der Waals surface area contributed by atoms with E-state index in [4.69, 9.17) is 4.98 Å². The molecule has 3 aromatic rings. The number of halogens is 1. The highest BCUT2D eigenvalue weighted by Crippen LogP contribution is 2.17. The van der Waals surface area contributed by atoms with Crippen molar-refractivity contribution in [1.82, 2.24) is 14.9 Å². The van der Waals surface area contributed by atoms with Gasteiger partial charge in [-0.25, -0.2) is 4.98 Å². The molecule has 2 aromatic carbocycles. The van der Waals surface area contributed by atoms with Crippen LogP contribution in [0.2, 0.25) is 0 Å². The molecular weight excluding hydrogens is 390 g/mol. The number of nitrogens with one attached hydrogen (secondary N) is 1. The highest BCUT2D eigenvalue weighted by atomic mass is 79.9. The second-order valence-electron chi connectivity index (χ2n) is 6.33. The summed E-state index contributed by atoms with van der Waals surface area (Å²) in [6.07, 6.45) is 4.11. The van der Waals surface area contributed by atoms with E-state index in [0.29, 0.717) is 12.1 Å². The molecule has 1 aromatic heterocycles. The minimum absolute atomic E-state index is 0.00900. The summed E-state index contributed by atoms with van der Waals surface area (Å²) in [4.78, 5) is 16.8. The summed E-state index contributed by atoms with van der Waals surface area (Å²) in [7, 11) is 0. The number of carbonyl (C=O) groups is 1. The van der Waals surface area contributed by atoms with Crippen molar-refractivity contribution >= 4 is 32.9 Å². The van der Waals surface area contributed by atoms with E-state index in [9.17, 15) is 4.79 Å². The van der Waals surface area contributed by atoms with Gasteiger partial charge in [-0.15, -0.1) is 0 Å². The summed E-state index contributed by atoms with van der Waals surface area (Å²) < 4.78 is 3.28. The smallest absolute Gasteiger partial charge is 0.251 e. The number of imidazole rings is 1. The number of fused-ring (bicyclic) bond motifs is 1. The number of unbranched alkanes of at least 4 members (excludes halogenated alkanes) is 2. The zero-order valence-electron chi connectivity index (χ0n) is 15.0. The molecule has 0 atom stereocenters. The van der Waals surface area contributed by atoms with Gasteiger partial charge in [0.05, 0.1) is 11.0 Å². The molecule has 0 aliphatic heterocycles. The lowest BCUT2D eigenvalue weighted by molar-refractivity contribution is 0.0953. The van der Waals surface area contributed by atoms with Crippen molar-refractivity contribution in [2.75, 3.05) is 6.54 Å². The van der Waals surface area contributed by atoms with Gasteiger partial charge in [0, 0.05) is 29.5 Å². The van der Waals surface area contributed by atoms with E-state index in [-0.39, 0.29) is 5.91 Å². The summed E-state index contributed by atoms with van der Waals surface area (Å²) in [6, 6.07) is 15.7. The number of carbonyl (C=O) groups excluding carboxylic acids is 1. The number of hydrogen-bond acceptors (Lipinski definition) is 2. The maximum atomic E-state index is 12.1. The van der Waals surface area contributed by atoms with E-state index < -0.39 is 0 Å². The van der Waals surface area contributed by atoms with Crippen LogP contribution in [0.25, 0.3) is 11.0 Å². The molecule has 26 heavy (non-hydrogen) atoms. The van der Waals surface area contributed by atoms with Crippen LogP contribution in [0, 0.1) is 0 Å². The second-order valence-corrected chi connectivity index (χ2v) is 7.25. The van der Waals surface area contributed by atoms with Gasteiger partial charge in [0.2, 0.25) is 0 Å². The average Bonchev–Trinajstić information content (AvgIpc) is 3.02. The Morgan fingerprint density at radius 1 is 1.08 bits per heavy atom. The fraction of sp³-hybridized carbons (Fsp3) is 0.333. The lowest BCUT2D eigenvalue weighted by Crippen LogP contribution is -2.24. The molecule has 5 heteroatoms. The van der Waals surface area contributed by atoms with Crippen molar-refractivity contribution in [2.45, 2.75) is 39.2 Å². The van der Waals surface area contributed by atoms with E-state index in [1.807, 2.05) is 30.3 Å². The van der Waals surface area contributed by atoms with E-state index in [1.54, 1.807) is 0 Å². The van der Waals surface area contributed by atoms with Crippen LogP contribution >= 0.6 is 15.9 Å². The minimum atomic E-state index is -0.00900. The third-order valence-electron chi connectivity index (χ3n) is 4.52. The highest BCUT2D eigenvalue weighted by molar-refractivity contribution is 9.10. The number of amides is 1. The van der Waals surface area contributed by atoms with Crippen molar-refractivity contribution in [2.24, 2.45) is 0 Å². The highest BCUT2D eigenvalue weighted by Gasteiger charge is 2.08. The van der Waals surface area contributed by atoms with Crippen molar-refractivity contribution in [3.05, 3.63) is 64.4 Å². The monoisotopic (exact) mass is 413 g/mol. The normalized spacial score (nSPS) is 11.0. The maximum Gasteiger partial charge on any atom is 0.251 e. The van der Waals surface area contributed by atoms with Crippen LogP contribution in [0.4, 0.5) is 0 Å². The molecular formula is C21H24BrN3O. The van der Waals surface area contributed by atoms with Crippen LogP contribution in [-0.4, -0.2) is 22.0 Å². The lowest BCUT2D eigenvalue weighted by atomic mass is 10.1. The van der Waals surface area contributed by atoms with Gasteiger partial charge in [0.1, 0.15) is 5.82 Å². The van der Waals surface area contributed by atoms with Gasteiger partial charge in [-0.1, -0.05) is 34.5 Å². The zero-order valence-corrected chi connectivity index (χ0v) is 16.6. The van der Waals surface area contributed by atoms with E-state index >= 15 is 0 Å². The molecule has 0 unspecified atom stereocenters. The van der Waals surface area contributed by atoms with Gasteiger partial charge < -0.3 is 9.88 Å². The molecule has 0 spiro atoms. The predicted octanol–water partition coefficient (Wildman–Crippen LogP) is 4.96. The Morgan fingerprint density at radius 3 is 2.62 bits per heavy atom. The lowest BCUT2D eigenvalue weighted by Gasteiger charge is -2.07. The largest absolute Gasteiger partial charge is 0.352 e. The first-order chi connectivity index (χ1) is 12.7. The molecule has 0 fully saturated rings.